The Labute approximate surface area is 211 Å². The first-order valence-electron chi connectivity index (χ1n) is 12.7. The predicted octanol–water partition coefficient (Wildman–Crippen LogP) is 1.98. The Kier molecular flexibility index (Phi) is 7.73. The highest BCUT2D eigenvalue weighted by atomic mass is 16.6. The average Bonchev–Trinajstić information content (AvgIpc) is 3.05. The van der Waals surface area contributed by atoms with Gasteiger partial charge in [-0.25, -0.2) is 9.59 Å². The lowest BCUT2D eigenvalue weighted by Gasteiger charge is -2.58. The van der Waals surface area contributed by atoms with Gasteiger partial charge in [0.15, 0.2) is 0 Å². The summed E-state index contributed by atoms with van der Waals surface area (Å²) in [7, 11) is 0. The van der Waals surface area contributed by atoms with Crippen LogP contribution in [0.15, 0.2) is 36.0 Å². The number of fused-ring (bicyclic) bond motifs is 1. The van der Waals surface area contributed by atoms with E-state index >= 15 is 0 Å². The first-order valence-corrected chi connectivity index (χ1v) is 12.7. The number of nitrogens with two attached hydrogens (primary N) is 1. The summed E-state index contributed by atoms with van der Waals surface area (Å²) in [5, 5.41) is 10.4. The van der Waals surface area contributed by atoms with E-state index in [0.717, 1.165) is 6.42 Å². The molecule has 2 aliphatic heterocycles. The van der Waals surface area contributed by atoms with Gasteiger partial charge in [-0.3, -0.25) is 4.79 Å². The van der Waals surface area contributed by atoms with Crippen LogP contribution >= 0.6 is 0 Å². The van der Waals surface area contributed by atoms with Crippen LogP contribution in [0.4, 0.5) is 0 Å². The molecular weight excluding hydrogens is 466 g/mol. The molecule has 1 saturated carbocycles. The predicted molar refractivity (Wildman–Crippen MR) is 129 cm³/mol. The molecule has 2 bridgehead atoms. The van der Waals surface area contributed by atoms with Crippen LogP contribution in [0.2, 0.25) is 0 Å². The summed E-state index contributed by atoms with van der Waals surface area (Å²) in [6.45, 7) is 5.87. The molecule has 0 amide bonds. The zero-order chi connectivity index (χ0) is 26.1. The molecule has 2 fully saturated rings. The number of aliphatic hydroxyl groups is 1. The van der Waals surface area contributed by atoms with Crippen molar-refractivity contribution < 1.29 is 38.4 Å². The molecule has 0 radical (unpaired) electrons. The number of rotatable bonds is 1. The van der Waals surface area contributed by atoms with Gasteiger partial charge >= 0.3 is 17.9 Å². The van der Waals surface area contributed by atoms with E-state index in [9.17, 15) is 19.5 Å². The van der Waals surface area contributed by atoms with Gasteiger partial charge in [-0.05, 0) is 32.1 Å². The maximum absolute atomic E-state index is 13.0. The molecule has 9 nitrogen and oxygen atoms in total. The number of esters is 3. The highest BCUT2D eigenvalue weighted by Gasteiger charge is 2.71. The van der Waals surface area contributed by atoms with Crippen molar-refractivity contribution in [2.24, 2.45) is 28.4 Å². The van der Waals surface area contributed by atoms with E-state index in [2.05, 4.69) is 6.08 Å². The Bertz CT molecular complexity index is 973. The molecule has 4 aliphatic rings. The van der Waals surface area contributed by atoms with Crippen molar-refractivity contribution in [3.05, 3.63) is 36.0 Å². The summed E-state index contributed by atoms with van der Waals surface area (Å²) in [5.74, 6) is -2.25. The van der Waals surface area contributed by atoms with Crippen LogP contribution in [-0.4, -0.2) is 67.2 Å². The summed E-state index contributed by atoms with van der Waals surface area (Å²) in [6.07, 6.45) is 8.43. The number of aliphatic hydroxyl groups excluding tert-OH is 1. The molecule has 0 aromatic rings. The van der Waals surface area contributed by atoms with Gasteiger partial charge < -0.3 is 29.8 Å². The number of hydrogen-bond acceptors (Lipinski definition) is 9. The molecular formula is C27H37NO8. The van der Waals surface area contributed by atoms with E-state index in [1.165, 1.54) is 29.9 Å². The van der Waals surface area contributed by atoms with Gasteiger partial charge in [0.25, 0.3) is 0 Å². The van der Waals surface area contributed by atoms with E-state index in [1.54, 1.807) is 0 Å². The van der Waals surface area contributed by atoms with E-state index in [4.69, 9.17) is 24.7 Å². The Morgan fingerprint density at radius 1 is 1.14 bits per heavy atom. The van der Waals surface area contributed by atoms with Crippen molar-refractivity contribution in [2.75, 3.05) is 19.8 Å². The molecule has 9 heteroatoms. The van der Waals surface area contributed by atoms with Gasteiger partial charge in [0.05, 0.1) is 18.8 Å². The minimum atomic E-state index is -0.896. The quantitative estimate of drug-likeness (QED) is 0.313. The number of carbonyl (C=O) groups is 3. The van der Waals surface area contributed by atoms with E-state index < -0.39 is 40.9 Å². The van der Waals surface area contributed by atoms with Crippen LogP contribution in [0.3, 0.4) is 0 Å². The van der Waals surface area contributed by atoms with Crippen molar-refractivity contribution in [1.29, 1.82) is 0 Å². The molecule has 198 valence electrons. The lowest BCUT2D eigenvalue weighted by Crippen LogP contribution is -2.64. The molecule has 1 spiro atoms. The monoisotopic (exact) mass is 503 g/mol. The lowest BCUT2D eigenvalue weighted by molar-refractivity contribution is -0.233. The molecule has 2 heterocycles. The van der Waals surface area contributed by atoms with Gasteiger partial charge in [-0.2, -0.15) is 0 Å². The molecule has 5 unspecified atom stereocenters. The summed E-state index contributed by atoms with van der Waals surface area (Å²) in [6, 6.07) is -0.896. The number of hydrogen-bond donors (Lipinski definition) is 2. The second-order valence-corrected chi connectivity index (χ2v) is 10.8. The zero-order valence-electron chi connectivity index (χ0n) is 21.2. The Hall–Kier alpha value is -2.49. The van der Waals surface area contributed by atoms with Gasteiger partial charge in [0.2, 0.25) is 0 Å². The maximum atomic E-state index is 13.0. The number of carbonyl (C=O) groups excluding carboxylic acids is 3. The third-order valence-corrected chi connectivity index (χ3v) is 8.88. The third-order valence-electron chi connectivity index (χ3n) is 8.88. The minimum absolute atomic E-state index is 0.0298. The van der Waals surface area contributed by atoms with Crippen molar-refractivity contribution in [1.82, 2.24) is 0 Å². The van der Waals surface area contributed by atoms with Gasteiger partial charge in [0, 0.05) is 41.9 Å². The summed E-state index contributed by atoms with van der Waals surface area (Å²) in [4.78, 5) is 37.6. The van der Waals surface area contributed by atoms with Gasteiger partial charge in [0.1, 0.15) is 18.8 Å². The summed E-state index contributed by atoms with van der Waals surface area (Å²) >= 11 is 0. The fourth-order valence-corrected chi connectivity index (χ4v) is 6.42. The van der Waals surface area contributed by atoms with Crippen LogP contribution in [0.5, 0.6) is 0 Å². The Morgan fingerprint density at radius 3 is 2.58 bits per heavy atom. The second kappa shape index (κ2) is 10.5. The molecule has 1 saturated heterocycles. The average molecular weight is 504 g/mol. The second-order valence-electron chi connectivity index (χ2n) is 10.8. The largest absolute Gasteiger partial charge is 0.464 e. The van der Waals surface area contributed by atoms with Crippen LogP contribution in [0, 0.1) is 22.7 Å². The van der Waals surface area contributed by atoms with Crippen molar-refractivity contribution in [3.63, 3.8) is 0 Å². The highest BCUT2D eigenvalue weighted by molar-refractivity contribution is 5.84. The van der Waals surface area contributed by atoms with Gasteiger partial charge in [-0.1, -0.05) is 37.6 Å². The smallest absolute Gasteiger partial charge is 0.331 e. The van der Waals surface area contributed by atoms with Crippen LogP contribution in [0.1, 0.15) is 46.5 Å². The summed E-state index contributed by atoms with van der Waals surface area (Å²) in [5.41, 5.74) is 5.98. The molecule has 0 aromatic carbocycles. The molecule has 2 aliphatic carbocycles. The first kappa shape index (κ1) is 26.6. The fourth-order valence-electron chi connectivity index (χ4n) is 6.42. The van der Waals surface area contributed by atoms with Crippen molar-refractivity contribution in [2.45, 2.75) is 70.8 Å². The van der Waals surface area contributed by atoms with E-state index in [0.29, 0.717) is 19.3 Å². The normalized spacial score (nSPS) is 43.6. The topological polar surface area (TPSA) is 134 Å². The molecule has 36 heavy (non-hydrogen) atoms. The van der Waals surface area contributed by atoms with Crippen LogP contribution in [-0.2, 0) is 33.3 Å². The molecule has 4 rings (SSSR count). The van der Waals surface area contributed by atoms with E-state index in [-0.39, 0.29) is 43.9 Å². The molecule has 3 N–H and O–H groups in total. The van der Waals surface area contributed by atoms with Crippen molar-refractivity contribution >= 4 is 17.9 Å². The maximum Gasteiger partial charge on any atom is 0.331 e. The van der Waals surface area contributed by atoms with Gasteiger partial charge in [-0.15, -0.1) is 0 Å². The lowest BCUT2D eigenvalue weighted by atomic mass is 9.51. The number of cyclic esters (lactones) is 2. The number of allylic oxidation sites excluding steroid dienone is 3. The zero-order valence-corrected chi connectivity index (χ0v) is 21.2. The van der Waals surface area contributed by atoms with Crippen LogP contribution < -0.4 is 5.73 Å². The Morgan fingerprint density at radius 2 is 1.86 bits per heavy atom. The van der Waals surface area contributed by atoms with Crippen LogP contribution in [0.25, 0.3) is 0 Å². The first-order chi connectivity index (χ1) is 17.1. The third kappa shape index (κ3) is 4.64. The number of ether oxygens (including phenoxy) is 4. The standard InChI is InChI=1S/C27H37NO8/c1-16-8-10-27-15-34-25(32)24(28)17(2)9-11-33-22(30)6-4-5-7-23(31)36-20-13-19(35-21(27)12-16)18(14-29)26(20,27)3/h4-7,12,17-21,24,29H,8-11,13-15,28H2,1-3H3/b6-4+,7-5-/t17-,18?,19?,20?,21-,24?,26?,27-/m1/s1. The molecule has 0 aromatic heterocycles. The van der Waals surface area contributed by atoms with E-state index in [1.807, 2.05) is 20.8 Å². The highest BCUT2D eigenvalue weighted by Crippen LogP contribution is 2.65. The molecule has 8 atom stereocenters. The Balaban J connectivity index is 1.73. The van der Waals surface area contributed by atoms with Crippen molar-refractivity contribution in [3.8, 4) is 0 Å². The minimum Gasteiger partial charge on any atom is -0.464 e. The summed E-state index contributed by atoms with van der Waals surface area (Å²) < 4.78 is 23.5. The SMILES string of the molecule is CC1=C[C@H]2OC3CC4OC(=O)/C=C\C=C\C(=O)OCC[C@@H](C)C(N)C(=O)OC[C@@]2(CC1)C4(C)C3CO. The fraction of sp³-hybridized carbons (Fsp3) is 0.667.